The van der Waals surface area contributed by atoms with Crippen LogP contribution in [0.5, 0.6) is 0 Å². The van der Waals surface area contributed by atoms with E-state index in [1.165, 1.54) is 11.1 Å². The summed E-state index contributed by atoms with van der Waals surface area (Å²) in [5, 5.41) is 11.2. The van der Waals surface area contributed by atoms with Crippen molar-refractivity contribution in [3.63, 3.8) is 0 Å². The Hall–Kier alpha value is -3.61. The molecule has 0 radical (unpaired) electrons. The van der Waals surface area contributed by atoms with Gasteiger partial charge in [0, 0.05) is 17.8 Å². The minimum Gasteiger partial charge on any atom is -0.477 e. The van der Waals surface area contributed by atoms with Crippen molar-refractivity contribution in [2.75, 3.05) is 4.90 Å². The third-order valence-electron chi connectivity index (χ3n) is 4.99. The fourth-order valence-electron chi connectivity index (χ4n) is 3.76. The van der Waals surface area contributed by atoms with E-state index in [0.29, 0.717) is 11.4 Å². The fraction of sp³-hybridized carbons (Fsp3) is 0.0500. The van der Waals surface area contributed by atoms with E-state index in [2.05, 4.69) is 4.99 Å². The lowest BCUT2D eigenvalue weighted by atomic mass is 9.84. The molecule has 3 aliphatic rings. The molecule has 7 heteroatoms. The number of carboxylic acids is 1. The maximum atomic E-state index is 14.5. The Morgan fingerprint density at radius 2 is 1.85 bits per heavy atom. The summed E-state index contributed by atoms with van der Waals surface area (Å²) in [7, 11) is 0. The molecule has 0 saturated carbocycles. The molecule has 5 nitrogen and oxygen atoms in total. The van der Waals surface area contributed by atoms with Gasteiger partial charge in [0.2, 0.25) is 23.0 Å². The summed E-state index contributed by atoms with van der Waals surface area (Å²) in [5.41, 5.74) is 0.360. The number of hydrogen-bond acceptors (Lipinski definition) is 3. The normalized spacial score (nSPS) is 20.7. The van der Waals surface area contributed by atoms with Crippen molar-refractivity contribution in [1.29, 1.82) is 0 Å². The first-order chi connectivity index (χ1) is 13.0. The van der Waals surface area contributed by atoms with Gasteiger partial charge in [-0.15, -0.1) is 0 Å². The van der Waals surface area contributed by atoms with Crippen molar-refractivity contribution < 1.29 is 28.5 Å². The maximum absolute atomic E-state index is 14.5. The largest absolute Gasteiger partial charge is 0.477 e. The van der Waals surface area contributed by atoms with E-state index in [4.69, 9.17) is 0 Å². The molecule has 2 aliphatic heterocycles. The summed E-state index contributed by atoms with van der Waals surface area (Å²) in [6, 6.07) is 10.2. The quantitative estimate of drug-likeness (QED) is 0.757. The van der Waals surface area contributed by atoms with E-state index in [9.17, 15) is 23.5 Å². The Morgan fingerprint density at radius 1 is 1.15 bits per heavy atom. The first kappa shape index (κ1) is 15.6. The lowest BCUT2D eigenvalue weighted by Gasteiger charge is -2.37. The second-order valence-electron chi connectivity index (χ2n) is 6.50. The zero-order valence-electron chi connectivity index (χ0n) is 13.7. The number of aliphatic carboxylic acids is 1. The van der Waals surface area contributed by atoms with Gasteiger partial charge >= 0.3 is 5.97 Å². The molecule has 132 valence electrons. The smallest absolute Gasteiger partial charge is 0.341 e. The van der Waals surface area contributed by atoms with Crippen molar-refractivity contribution in [3.05, 3.63) is 71.5 Å². The van der Waals surface area contributed by atoms with Gasteiger partial charge in [-0.1, -0.05) is 24.3 Å². The number of Topliss-reactive ketones (excluding diaryl/α,β-unsaturated/α-hetero) is 1. The highest BCUT2D eigenvalue weighted by atomic mass is 19.2. The molecule has 2 heterocycles. The molecule has 0 spiro atoms. The summed E-state index contributed by atoms with van der Waals surface area (Å²) in [6.45, 7) is 0. The number of hydrogen-bond donors (Lipinski definition) is 2. The van der Waals surface area contributed by atoms with Crippen LogP contribution in [0.2, 0.25) is 0 Å². The number of nitrogens with zero attached hydrogens (tertiary/aromatic N) is 1. The molecule has 0 saturated heterocycles. The highest BCUT2D eigenvalue weighted by molar-refractivity contribution is 6.29. The van der Waals surface area contributed by atoms with E-state index in [0.717, 1.165) is 16.8 Å². The van der Waals surface area contributed by atoms with Crippen molar-refractivity contribution >= 4 is 39.6 Å². The van der Waals surface area contributed by atoms with Gasteiger partial charge < -0.3 is 10.0 Å². The maximum Gasteiger partial charge on any atom is 0.341 e. The number of carbonyl (C=O) groups excluding carboxylic acids is 1. The monoisotopic (exact) mass is 365 g/mol. The van der Waals surface area contributed by atoms with Gasteiger partial charge in [-0.3, -0.25) is 4.79 Å². The van der Waals surface area contributed by atoms with Crippen LogP contribution in [0.15, 0.2) is 71.5 Å². The molecule has 2 N–H and O–H groups in total. The molecule has 1 atom stereocenters. The first-order valence-corrected chi connectivity index (χ1v) is 8.18. The molecule has 0 fully saturated rings. The number of halogens is 2. The standard InChI is InChI=1S/C20H10F2N2O3/c21-13-7-11-18-17(16(13)22)23-14-5-9-3-1-2-4-10(9)6-15(14)24(18)8-12(19(11)25)20(26)27/h1-8,18H,(H,26,27)/p+1. The molecule has 2 aromatic rings. The Balaban J connectivity index is 1.86. The average molecular weight is 365 g/mol. The van der Waals surface area contributed by atoms with Crippen LogP contribution in [-0.4, -0.2) is 28.6 Å². The van der Waals surface area contributed by atoms with Gasteiger partial charge in [0.15, 0.2) is 11.9 Å². The highest BCUT2D eigenvalue weighted by Gasteiger charge is 2.49. The van der Waals surface area contributed by atoms with Gasteiger partial charge in [0.05, 0.1) is 0 Å². The zero-order chi connectivity index (χ0) is 18.9. The fourth-order valence-corrected chi connectivity index (χ4v) is 3.76. The van der Waals surface area contributed by atoms with E-state index in [1.807, 2.05) is 30.3 Å². The van der Waals surface area contributed by atoms with E-state index in [1.54, 1.807) is 6.07 Å². The van der Waals surface area contributed by atoms with E-state index >= 15 is 0 Å². The van der Waals surface area contributed by atoms with Crippen LogP contribution < -0.4 is 9.89 Å². The summed E-state index contributed by atoms with van der Waals surface area (Å²) < 4.78 is 28.6. The Morgan fingerprint density at radius 3 is 2.56 bits per heavy atom. The zero-order valence-corrected chi connectivity index (χ0v) is 13.7. The van der Waals surface area contributed by atoms with Gasteiger partial charge in [-0.25, -0.2) is 14.2 Å². The van der Waals surface area contributed by atoms with Crippen LogP contribution in [0.25, 0.3) is 10.8 Å². The number of anilines is 1. The van der Waals surface area contributed by atoms with Gasteiger partial charge in [-0.2, -0.15) is 4.39 Å². The topological polar surface area (TPSA) is 71.6 Å². The molecule has 0 aromatic heterocycles. The summed E-state index contributed by atoms with van der Waals surface area (Å²) >= 11 is 0. The van der Waals surface area contributed by atoms with Gasteiger partial charge in [-0.05, 0) is 22.9 Å². The second-order valence-corrected chi connectivity index (χ2v) is 6.50. The van der Waals surface area contributed by atoms with Crippen LogP contribution >= 0.6 is 0 Å². The number of allylic oxidation sites excluding steroid dienone is 2. The summed E-state index contributed by atoms with van der Waals surface area (Å²) in [6.07, 6.45) is 1.97. The number of carboxylic acid groups (broad SMARTS) is 1. The number of rotatable bonds is 1. The summed E-state index contributed by atoms with van der Waals surface area (Å²) in [4.78, 5) is 28.4. The third kappa shape index (κ3) is 2.05. The lowest BCUT2D eigenvalue weighted by molar-refractivity contribution is -0.356. The Kier molecular flexibility index (Phi) is 3.01. The number of benzene rings is 2. The minimum atomic E-state index is -1.42. The van der Waals surface area contributed by atoms with Crippen LogP contribution in [-0.2, 0) is 9.59 Å². The molecule has 27 heavy (non-hydrogen) atoms. The Bertz CT molecular complexity index is 1210. The van der Waals surface area contributed by atoms with E-state index < -0.39 is 35.0 Å². The third-order valence-corrected chi connectivity index (χ3v) is 4.99. The predicted octanol–water partition coefficient (Wildman–Crippen LogP) is 1.82. The predicted molar refractivity (Wildman–Crippen MR) is 93.9 cm³/mol. The molecule has 1 unspecified atom stereocenters. The lowest BCUT2D eigenvalue weighted by Crippen LogP contribution is -2.75. The molecule has 0 amide bonds. The van der Waals surface area contributed by atoms with Crippen LogP contribution in [0.3, 0.4) is 0 Å². The first-order valence-electron chi connectivity index (χ1n) is 8.18. The van der Waals surface area contributed by atoms with Crippen molar-refractivity contribution in [2.24, 2.45) is 0 Å². The average Bonchev–Trinajstić information content (AvgIpc) is 2.65. The van der Waals surface area contributed by atoms with Crippen LogP contribution in [0.1, 0.15) is 0 Å². The summed E-state index contributed by atoms with van der Waals surface area (Å²) in [5.74, 6) is -4.53. The number of fused-ring (bicyclic) bond motifs is 3. The number of ketones is 1. The molecule has 2 aromatic carbocycles. The molecule has 0 bridgehead atoms. The number of carbonyl (C=O) groups is 2. The second kappa shape index (κ2) is 5.20. The minimum absolute atomic E-state index is 0.109. The van der Waals surface area contributed by atoms with Crippen LogP contribution in [0, 0.1) is 0 Å². The SMILES string of the molecule is O=C(O)C1=CN2c3cc4ccccc4cc3[NH+]=C3C(F)=C(F)C=C(C1=O)C32. The molecular weight excluding hydrogens is 354 g/mol. The van der Waals surface area contributed by atoms with Gasteiger partial charge in [0.1, 0.15) is 11.3 Å². The molecule has 1 aliphatic carbocycles. The highest BCUT2D eigenvalue weighted by Crippen LogP contribution is 2.40. The molecule has 5 rings (SSSR count). The van der Waals surface area contributed by atoms with Crippen molar-refractivity contribution in [2.45, 2.75) is 6.04 Å². The van der Waals surface area contributed by atoms with Gasteiger partial charge in [0.25, 0.3) is 0 Å². The number of nitrogens with one attached hydrogen (secondary N) is 1. The van der Waals surface area contributed by atoms with E-state index in [-0.39, 0.29) is 11.3 Å². The van der Waals surface area contributed by atoms with Crippen molar-refractivity contribution in [3.8, 4) is 0 Å². The van der Waals surface area contributed by atoms with Crippen LogP contribution in [0.4, 0.5) is 20.2 Å². The Labute approximate surface area is 151 Å². The molecular formula is C20H11F2N2O3+. The van der Waals surface area contributed by atoms with Crippen molar-refractivity contribution in [1.82, 2.24) is 0 Å².